The Kier molecular flexibility index (Phi) is 7.08. The largest absolute Gasteiger partial charge is 0.367 e. The van der Waals surface area contributed by atoms with Gasteiger partial charge in [-0.05, 0) is 61.5 Å². The number of hydrogen-bond donors (Lipinski definition) is 1. The lowest BCUT2D eigenvalue weighted by atomic mass is 10.2. The number of carbonyl (C=O) groups excluding carboxylic acids is 1. The van der Waals surface area contributed by atoms with Crippen LogP contribution >= 0.6 is 0 Å². The van der Waals surface area contributed by atoms with Crippen molar-refractivity contribution in [1.29, 1.82) is 0 Å². The zero-order valence-electron chi connectivity index (χ0n) is 19.9. The van der Waals surface area contributed by atoms with Crippen molar-refractivity contribution in [1.82, 2.24) is 24.6 Å². The molecule has 186 valence electrons. The second-order valence-corrected chi connectivity index (χ2v) is 8.75. The van der Waals surface area contributed by atoms with E-state index < -0.39 is 0 Å². The van der Waals surface area contributed by atoms with Crippen LogP contribution in [-0.4, -0.2) is 64.4 Å². The molecule has 2 aromatic carbocycles. The smallest absolute Gasteiger partial charge is 0.256 e. The Morgan fingerprint density at radius 1 is 0.917 bits per heavy atom. The summed E-state index contributed by atoms with van der Waals surface area (Å²) >= 11 is 0. The fourth-order valence-corrected chi connectivity index (χ4v) is 4.52. The van der Waals surface area contributed by atoms with Gasteiger partial charge in [-0.3, -0.25) is 9.69 Å². The number of nitrogens with zero attached hydrogens (tertiary/aromatic N) is 5. The van der Waals surface area contributed by atoms with Gasteiger partial charge in [0.05, 0.1) is 17.6 Å². The van der Waals surface area contributed by atoms with Gasteiger partial charge in [-0.25, -0.2) is 13.5 Å². The highest BCUT2D eigenvalue weighted by atomic mass is 19.1. The van der Waals surface area contributed by atoms with Crippen LogP contribution in [-0.2, 0) is 0 Å². The topological polar surface area (TPSA) is 58.3 Å². The average Bonchev–Trinajstić information content (AvgIpc) is 3.58. The number of nitrogens with one attached hydrogen (secondary N) is 1. The molecule has 0 aliphatic carbocycles. The summed E-state index contributed by atoms with van der Waals surface area (Å²) in [5.74, 6) is -0.138. The minimum atomic E-state index is -0.333. The van der Waals surface area contributed by atoms with Crippen molar-refractivity contribution in [2.75, 3.05) is 44.2 Å². The van der Waals surface area contributed by atoms with Crippen molar-refractivity contribution in [2.45, 2.75) is 6.42 Å². The maximum atomic E-state index is 14.0. The Morgan fingerprint density at radius 2 is 1.64 bits per heavy atom. The zero-order chi connectivity index (χ0) is 24.9. The number of carbonyl (C=O) groups is 1. The number of rotatable bonds is 8. The van der Waals surface area contributed by atoms with Crippen LogP contribution in [0.4, 0.5) is 14.5 Å². The van der Waals surface area contributed by atoms with Gasteiger partial charge in [-0.15, -0.1) is 0 Å². The molecule has 1 saturated heterocycles. The number of hydrogen-bond acceptors (Lipinski definition) is 4. The quantitative estimate of drug-likeness (QED) is 0.381. The highest BCUT2D eigenvalue weighted by molar-refractivity contribution is 5.97. The number of anilines is 1. The Hall–Kier alpha value is -3.98. The Morgan fingerprint density at radius 3 is 2.36 bits per heavy atom. The molecule has 2 aromatic heterocycles. The van der Waals surface area contributed by atoms with E-state index in [0.717, 1.165) is 39.1 Å². The molecule has 0 radical (unpaired) electrons. The standard InChI is InChI=1S/C27H28F2N6O/c28-21-8-10-22(11-9-21)35-27(34-14-3-4-15-34)23(20-31-35)26(36)30-12-5-13-32-16-18-33(19-17-32)25-7-2-1-6-24(25)29/h1-4,6-11,14-15,20H,5,12-13,16-19H2,(H,30,36). The number of para-hydroxylation sites is 1. The predicted octanol–water partition coefficient (Wildman–Crippen LogP) is 3.88. The Bertz CT molecular complexity index is 1290. The van der Waals surface area contributed by atoms with Gasteiger partial charge in [0.15, 0.2) is 5.82 Å². The summed E-state index contributed by atoms with van der Waals surface area (Å²) in [6.07, 6.45) is 6.02. The van der Waals surface area contributed by atoms with Gasteiger partial charge in [0, 0.05) is 45.1 Å². The molecule has 1 N–H and O–H groups in total. The highest BCUT2D eigenvalue weighted by Gasteiger charge is 2.21. The second-order valence-electron chi connectivity index (χ2n) is 8.75. The normalized spacial score (nSPS) is 14.2. The Labute approximate surface area is 208 Å². The van der Waals surface area contributed by atoms with Crippen molar-refractivity contribution >= 4 is 11.6 Å². The summed E-state index contributed by atoms with van der Waals surface area (Å²) in [6.45, 7) is 4.63. The minimum Gasteiger partial charge on any atom is -0.367 e. The van der Waals surface area contributed by atoms with Crippen molar-refractivity contribution in [3.05, 3.63) is 96.5 Å². The maximum absolute atomic E-state index is 14.0. The van der Waals surface area contributed by atoms with Crippen molar-refractivity contribution < 1.29 is 13.6 Å². The lowest BCUT2D eigenvalue weighted by Gasteiger charge is -2.36. The van der Waals surface area contributed by atoms with Crippen LogP contribution < -0.4 is 10.2 Å². The van der Waals surface area contributed by atoms with Crippen LogP contribution in [0.1, 0.15) is 16.8 Å². The zero-order valence-corrected chi connectivity index (χ0v) is 19.9. The molecule has 5 rings (SSSR count). The number of piperazine rings is 1. The van der Waals surface area contributed by atoms with Gasteiger partial charge < -0.3 is 14.8 Å². The van der Waals surface area contributed by atoms with Crippen molar-refractivity contribution in [3.8, 4) is 11.5 Å². The molecule has 0 saturated carbocycles. The number of amides is 1. The van der Waals surface area contributed by atoms with Gasteiger partial charge in [-0.1, -0.05) is 12.1 Å². The molecule has 1 aliphatic rings. The van der Waals surface area contributed by atoms with Crippen LogP contribution in [0.2, 0.25) is 0 Å². The van der Waals surface area contributed by atoms with E-state index in [1.165, 1.54) is 24.4 Å². The first kappa shape index (κ1) is 23.7. The van der Waals surface area contributed by atoms with E-state index in [0.29, 0.717) is 29.3 Å². The Balaban J connectivity index is 1.16. The molecule has 1 amide bonds. The number of benzene rings is 2. The van der Waals surface area contributed by atoms with Gasteiger partial charge in [0.1, 0.15) is 17.2 Å². The van der Waals surface area contributed by atoms with Gasteiger partial charge in [0.25, 0.3) is 5.91 Å². The molecule has 1 aliphatic heterocycles. The third-order valence-electron chi connectivity index (χ3n) is 6.41. The van der Waals surface area contributed by atoms with Crippen LogP contribution in [0.15, 0.2) is 79.3 Å². The second kappa shape index (κ2) is 10.7. The van der Waals surface area contributed by atoms with Crippen LogP contribution in [0, 0.1) is 11.6 Å². The summed E-state index contributed by atoms with van der Waals surface area (Å²) < 4.78 is 30.9. The van der Waals surface area contributed by atoms with Gasteiger partial charge in [0.2, 0.25) is 0 Å². The molecule has 1 fully saturated rings. The van der Waals surface area contributed by atoms with E-state index in [1.54, 1.807) is 22.9 Å². The molecular formula is C27H28F2N6O. The fraction of sp³-hybridized carbons (Fsp3) is 0.259. The minimum absolute atomic E-state index is 0.185. The monoisotopic (exact) mass is 490 g/mol. The molecular weight excluding hydrogens is 462 g/mol. The molecule has 7 nitrogen and oxygen atoms in total. The number of aromatic nitrogens is 3. The SMILES string of the molecule is O=C(NCCCN1CCN(c2ccccc2F)CC1)c1cnn(-c2ccc(F)cc2)c1-n1cccc1. The lowest BCUT2D eigenvalue weighted by molar-refractivity contribution is 0.0951. The van der Waals surface area contributed by atoms with Crippen molar-refractivity contribution in [2.24, 2.45) is 0 Å². The third kappa shape index (κ3) is 5.16. The molecule has 36 heavy (non-hydrogen) atoms. The first-order valence-corrected chi connectivity index (χ1v) is 12.1. The molecule has 0 spiro atoms. The summed E-state index contributed by atoms with van der Waals surface area (Å²) in [5.41, 5.74) is 1.76. The average molecular weight is 491 g/mol. The van der Waals surface area contributed by atoms with E-state index in [2.05, 4.69) is 20.2 Å². The fourth-order valence-electron chi connectivity index (χ4n) is 4.52. The van der Waals surface area contributed by atoms with Gasteiger partial charge in [-0.2, -0.15) is 5.10 Å². The van der Waals surface area contributed by atoms with Crippen LogP contribution in [0.3, 0.4) is 0 Å². The summed E-state index contributed by atoms with van der Waals surface area (Å²) in [7, 11) is 0. The van der Waals surface area contributed by atoms with Crippen LogP contribution in [0.5, 0.6) is 0 Å². The van der Waals surface area contributed by atoms with E-state index in [9.17, 15) is 13.6 Å². The predicted molar refractivity (Wildman–Crippen MR) is 135 cm³/mol. The van der Waals surface area contributed by atoms with Gasteiger partial charge >= 0.3 is 0 Å². The molecule has 0 atom stereocenters. The summed E-state index contributed by atoms with van der Waals surface area (Å²) in [5, 5.41) is 7.41. The molecule has 3 heterocycles. The third-order valence-corrected chi connectivity index (χ3v) is 6.41. The summed E-state index contributed by atoms with van der Waals surface area (Å²) in [6, 6.07) is 16.6. The maximum Gasteiger partial charge on any atom is 0.256 e. The van der Waals surface area contributed by atoms with E-state index in [1.807, 2.05) is 41.2 Å². The van der Waals surface area contributed by atoms with Crippen molar-refractivity contribution in [3.63, 3.8) is 0 Å². The van der Waals surface area contributed by atoms with Crippen LogP contribution in [0.25, 0.3) is 11.5 Å². The molecule has 9 heteroatoms. The number of halogens is 2. The lowest BCUT2D eigenvalue weighted by Crippen LogP contribution is -2.47. The molecule has 0 unspecified atom stereocenters. The molecule has 0 bridgehead atoms. The summed E-state index contributed by atoms with van der Waals surface area (Å²) in [4.78, 5) is 17.5. The van der Waals surface area contributed by atoms with E-state index >= 15 is 0 Å². The molecule has 4 aromatic rings. The first-order valence-electron chi connectivity index (χ1n) is 12.1. The first-order chi connectivity index (χ1) is 17.6. The van der Waals surface area contributed by atoms with E-state index in [-0.39, 0.29) is 17.5 Å². The highest BCUT2D eigenvalue weighted by Crippen LogP contribution is 2.21. The van der Waals surface area contributed by atoms with E-state index in [4.69, 9.17) is 0 Å².